The molecular weight excluding hydrogens is 594 g/mol. The number of thiophene rings is 1. The van der Waals surface area contributed by atoms with Crippen LogP contribution in [0.2, 0.25) is 4.34 Å². The van der Waals surface area contributed by atoms with Crippen LogP contribution in [0.3, 0.4) is 0 Å². The highest BCUT2D eigenvalue weighted by Gasteiger charge is 2.35. The van der Waals surface area contributed by atoms with Gasteiger partial charge in [-0.15, -0.1) is 11.3 Å². The zero-order valence-corrected chi connectivity index (χ0v) is 25.1. The molecule has 43 heavy (non-hydrogen) atoms. The Bertz CT molecular complexity index is 1770. The van der Waals surface area contributed by atoms with Gasteiger partial charge in [-0.05, 0) is 50.0 Å². The lowest BCUT2D eigenvalue weighted by atomic mass is 10.0. The Hall–Kier alpha value is -3.85. The summed E-state index contributed by atoms with van der Waals surface area (Å²) in [5, 5.41) is 1.40. The largest absolute Gasteiger partial charge is 0.462 e. The fourth-order valence-corrected chi connectivity index (χ4v) is 7.22. The molecule has 4 heterocycles. The standard InChI is InChI=1S/C31H29ClF2N6O2S/c1-18(33)30(41)40-11-10-39(16-21(40)15-35-2)29-24-13-25(34)23(22-8-4-6-19-12-27(32)43-28(19)22)14-26(24)36-31(37-29)42-17-20-7-5-9-38(20)3/h4,6,8,12-14,20-21H,1,5,7,9-11,15-17H2,3H3/t20-,21-/m0/s1. The number of carbonyl (C=O) groups is 1. The van der Waals surface area contributed by atoms with Crippen molar-refractivity contribution in [1.29, 1.82) is 0 Å². The SMILES string of the molecule is [C-]#[N+]C[C@H]1CN(c2nc(OC[C@@H]3CCCN3C)nc3cc(-c4cccc5cc(Cl)sc45)c(F)cc23)CCN1C(=O)C(=C)F. The molecule has 0 unspecified atom stereocenters. The molecule has 2 atom stereocenters. The van der Waals surface area contributed by atoms with E-state index in [0.717, 1.165) is 29.5 Å². The highest BCUT2D eigenvalue weighted by molar-refractivity contribution is 7.23. The Morgan fingerprint density at radius 3 is 2.79 bits per heavy atom. The molecule has 0 saturated carbocycles. The van der Waals surface area contributed by atoms with E-state index in [1.807, 2.05) is 29.2 Å². The first-order chi connectivity index (χ1) is 20.7. The van der Waals surface area contributed by atoms with Crippen LogP contribution in [-0.2, 0) is 4.79 Å². The second-order valence-electron chi connectivity index (χ2n) is 10.9. The fourth-order valence-electron chi connectivity index (χ4n) is 5.96. The van der Waals surface area contributed by atoms with Gasteiger partial charge in [0.1, 0.15) is 24.3 Å². The molecule has 2 fully saturated rings. The van der Waals surface area contributed by atoms with E-state index >= 15 is 4.39 Å². The van der Waals surface area contributed by atoms with Gasteiger partial charge >= 0.3 is 6.01 Å². The Kier molecular flexibility index (Phi) is 8.18. The van der Waals surface area contributed by atoms with Gasteiger partial charge in [-0.2, -0.15) is 9.97 Å². The van der Waals surface area contributed by atoms with Crippen molar-refractivity contribution in [2.45, 2.75) is 24.9 Å². The van der Waals surface area contributed by atoms with E-state index in [9.17, 15) is 9.18 Å². The number of aromatic nitrogens is 2. The van der Waals surface area contributed by atoms with Crippen LogP contribution in [0.4, 0.5) is 14.6 Å². The number of halogens is 3. The topological polar surface area (TPSA) is 66.2 Å². The highest BCUT2D eigenvalue weighted by Crippen LogP contribution is 2.40. The van der Waals surface area contributed by atoms with Crippen molar-refractivity contribution in [3.8, 4) is 17.1 Å². The van der Waals surface area contributed by atoms with Crippen LogP contribution in [0, 0.1) is 12.4 Å². The number of anilines is 1. The van der Waals surface area contributed by atoms with Gasteiger partial charge in [0.15, 0.2) is 5.83 Å². The predicted octanol–water partition coefficient (Wildman–Crippen LogP) is 6.20. The summed E-state index contributed by atoms with van der Waals surface area (Å²) in [4.78, 5) is 30.8. The quantitative estimate of drug-likeness (QED) is 0.181. The van der Waals surface area contributed by atoms with Gasteiger partial charge in [-0.3, -0.25) is 4.79 Å². The van der Waals surface area contributed by atoms with Crippen LogP contribution in [0.1, 0.15) is 12.8 Å². The number of nitrogens with zero attached hydrogens (tertiary/aromatic N) is 6. The molecular formula is C31H29ClF2N6O2S. The number of amides is 1. The Morgan fingerprint density at radius 2 is 2.05 bits per heavy atom. The number of benzene rings is 2. The summed E-state index contributed by atoms with van der Waals surface area (Å²) in [6, 6.07) is 10.5. The lowest BCUT2D eigenvalue weighted by Crippen LogP contribution is -2.56. The second-order valence-corrected chi connectivity index (χ2v) is 12.6. The molecule has 0 radical (unpaired) electrons. The first-order valence-electron chi connectivity index (χ1n) is 14.0. The average Bonchev–Trinajstić information content (AvgIpc) is 3.59. The molecule has 1 amide bonds. The van der Waals surface area contributed by atoms with E-state index in [1.54, 1.807) is 6.07 Å². The number of fused-ring (bicyclic) bond motifs is 2. The van der Waals surface area contributed by atoms with Gasteiger partial charge in [0.25, 0.3) is 5.91 Å². The molecule has 6 rings (SSSR count). The van der Waals surface area contributed by atoms with E-state index in [-0.39, 0.29) is 31.7 Å². The minimum absolute atomic E-state index is 0.0260. The molecule has 2 aliphatic rings. The van der Waals surface area contributed by atoms with Crippen molar-refractivity contribution in [2.24, 2.45) is 0 Å². The van der Waals surface area contributed by atoms with Gasteiger partial charge in [0, 0.05) is 46.9 Å². The summed E-state index contributed by atoms with van der Waals surface area (Å²) in [5.74, 6) is -1.91. The van der Waals surface area contributed by atoms with Crippen molar-refractivity contribution in [2.75, 3.05) is 51.3 Å². The number of likely N-dealkylation sites (N-methyl/N-ethyl adjacent to an activating group) is 1. The maximum absolute atomic E-state index is 16.0. The summed E-state index contributed by atoms with van der Waals surface area (Å²) in [7, 11) is 2.06. The molecule has 4 aromatic rings. The summed E-state index contributed by atoms with van der Waals surface area (Å²) in [5.41, 5.74) is 1.58. The molecule has 222 valence electrons. The number of likely N-dealkylation sites (tertiary alicyclic amines) is 1. The minimum atomic E-state index is -1.07. The Balaban J connectivity index is 1.43. The number of piperazine rings is 1. The third-order valence-electron chi connectivity index (χ3n) is 8.20. The van der Waals surface area contributed by atoms with E-state index in [0.29, 0.717) is 45.3 Å². The lowest BCUT2D eigenvalue weighted by Gasteiger charge is -2.39. The smallest absolute Gasteiger partial charge is 0.319 e. The molecule has 0 spiro atoms. The van der Waals surface area contributed by atoms with Crippen molar-refractivity contribution in [3.63, 3.8) is 0 Å². The molecule has 8 nitrogen and oxygen atoms in total. The third-order valence-corrected chi connectivity index (χ3v) is 9.51. The maximum Gasteiger partial charge on any atom is 0.319 e. The van der Waals surface area contributed by atoms with Gasteiger partial charge in [0.2, 0.25) is 6.54 Å². The molecule has 12 heteroatoms. The summed E-state index contributed by atoms with van der Waals surface area (Å²) in [6.45, 7) is 12.6. The van der Waals surface area contributed by atoms with E-state index in [1.165, 1.54) is 22.3 Å². The zero-order valence-electron chi connectivity index (χ0n) is 23.5. The average molecular weight is 623 g/mol. The molecule has 0 aliphatic carbocycles. The van der Waals surface area contributed by atoms with Gasteiger partial charge in [-0.1, -0.05) is 36.4 Å². The molecule has 2 aliphatic heterocycles. The van der Waals surface area contributed by atoms with E-state index < -0.39 is 23.6 Å². The molecule has 0 N–H and O–H groups in total. The lowest BCUT2D eigenvalue weighted by molar-refractivity contribution is -0.131. The van der Waals surface area contributed by atoms with E-state index in [2.05, 4.69) is 23.4 Å². The predicted molar refractivity (Wildman–Crippen MR) is 166 cm³/mol. The van der Waals surface area contributed by atoms with Crippen LogP contribution in [0.25, 0.3) is 37.0 Å². The molecule has 0 bridgehead atoms. The molecule has 2 saturated heterocycles. The number of hydrogen-bond donors (Lipinski definition) is 0. The fraction of sp³-hybridized carbons (Fsp3) is 0.355. The first kappa shape index (κ1) is 29.2. The van der Waals surface area contributed by atoms with Crippen LogP contribution in [-0.4, -0.2) is 84.1 Å². The minimum Gasteiger partial charge on any atom is -0.462 e. The number of rotatable bonds is 7. The van der Waals surface area contributed by atoms with E-state index in [4.69, 9.17) is 32.9 Å². The van der Waals surface area contributed by atoms with Crippen LogP contribution >= 0.6 is 22.9 Å². The molecule has 2 aromatic carbocycles. The van der Waals surface area contributed by atoms with Crippen LogP contribution in [0.5, 0.6) is 6.01 Å². The van der Waals surface area contributed by atoms with Gasteiger partial charge in [-0.25, -0.2) is 15.4 Å². The van der Waals surface area contributed by atoms with Gasteiger partial charge < -0.3 is 24.3 Å². The van der Waals surface area contributed by atoms with Crippen LogP contribution < -0.4 is 9.64 Å². The molecule has 2 aromatic heterocycles. The number of ether oxygens (including phenoxy) is 1. The van der Waals surface area contributed by atoms with Crippen LogP contribution in [0.15, 0.2) is 48.8 Å². The van der Waals surface area contributed by atoms with Crippen molar-refractivity contribution in [1.82, 2.24) is 19.8 Å². The normalized spacial score (nSPS) is 19.2. The number of carbonyl (C=O) groups excluding carboxylic acids is 1. The maximum atomic E-state index is 16.0. The Morgan fingerprint density at radius 1 is 1.21 bits per heavy atom. The third kappa shape index (κ3) is 5.75. The summed E-state index contributed by atoms with van der Waals surface area (Å²) < 4.78 is 37.4. The summed E-state index contributed by atoms with van der Waals surface area (Å²) in [6.07, 6.45) is 2.10. The highest BCUT2D eigenvalue weighted by atomic mass is 35.5. The van der Waals surface area contributed by atoms with Crippen molar-refractivity contribution >= 4 is 55.7 Å². The number of hydrogen-bond acceptors (Lipinski definition) is 7. The van der Waals surface area contributed by atoms with Crippen molar-refractivity contribution in [3.05, 3.63) is 70.4 Å². The monoisotopic (exact) mass is 622 g/mol. The summed E-state index contributed by atoms with van der Waals surface area (Å²) >= 11 is 7.68. The second kappa shape index (κ2) is 12.0. The first-order valence-corrected chi connectivity index (χ1v) is 15.2. The Labute approximate surface area is 256 Å². The van der Waals surface area contributed by atoms with Gasteiger partial charge in [0.05, 0.1) is 9.85 Å². The van der Waals surface area contributed by atoms with Crippen molar-refractivity contribution < 1.29 is 18.3 Å². The zero-order chi connectivity index (χ0) is 30.2.